The third-order valence-electron chi connectivity index (χ3n) is 7.39. The highest BCUT2D eigenvalue weighted by molar-refractivity contribution is 7.42. The molecule has 170 valence electrons. The van der Waals surface area contributed by atoms with Gasteiger partial charge in [-0.25, -0.2) is 0 Å². The van der Waals surface area contributed by atoms with Crippen molar-refractivity contribution in [2.45, 2.75) is 119 Å². The van der Waals surface area contributed by atoms with Crippen molar-refractivity contribution in [3.63, 3.8) is 0 Å². The van der Waals surface area contributed by atoms with Gasteiger partial charge in [-0.15, -0.1) is 0 Å². The van der Waals surface area contributed by atoms with E-state index in [0.29, 0.717) is 5.54 Å². The fraction of sp³-hybridized carbons (Fsp3) is 1.00. The Bertz CT molecular complexity index is 404. The lowest BCUT2D eigenvalue weighted by molar-refractivity contribution is 0.134. The molecule has 0 aliphatic rings. The highest BCUT2D eigenvalue weighted by atomic mass is 35.6. The van der Waals surface area contributed by atoms with Gasteiger partial charge < -0.3 is 4.74 Å². The van der Waals surface area contributed by atoms with Crippen molar-refractivity contribution in [3.8, 4) is 0 Å². The van der Waals surface area contributed by atoms with Crippen LogP contribution in [-0.4, -0.2) is 40.3 Å². The average Bonchev–Trinajstić information content (AvgIpc) is 2.58. The fourth-order valence-corrected chi connectivity index (χ4v) is 30.0. The monoisotopic (exact) mass is 504 g/mol. The molecule has 0 amide bonds. The second-order valence-electron chi connectivity index (χ2n) is 9.85. The van der Waals surface area contributed by atoms with Gasteiger partial charge in [0.15, 0.2) is 0 Å². The minimum absolute atomic E-state index is 0.197. The Labute approximate surface area is 194 Å². The van der Waals surface area contributed by atoms with Crippen LogP contribution in [0.1, 0.15) is 53.9 Å². The molecule has 0 radical (unpaired) electrons. The average molecular weight is 506 g/mol. The summed E-state index contributed by atoms with van der Waals surface area (Å²) in [6.07, 6.45) is 4.06. The summed E-state index contributed by atoms with van der Waals surface area (Å²) in [6, 6.07) is 9.02. The summed E-state index contributed by atoms with van der Waals surface area (Å²) in [6.45, 7) is 20.7. The maximum absolute atomic E-state index is 5.91. The van der Waals surface area contributed by atoms with Gasteiger partial charge in [0.2, 0.25) is 3.79 Å². The Balaban J connectivity index is 5.57. The molecule has 0 aliphatic heterocycles. The minimum Gasteiger partial charge on any atom is -0.377 e. The molecule has 0 saturated carbocycles. The Morgan fingerprint density at radius 2 is 1.21 bits per heavy atom. The molecular formula is C21H47Cl3OSi3. The third kappa shape index (κ3) is 8.92. The van der Waals surface area contributed by atoms with E-state index in [9.17, 15) is 0 Å². The van der Waals surface area contributed by atoms with Gasteiger partial charge in [-0.3, -0.25) is 0 Å². The van der Waals surface area contributed by atoms with Crippen molar-refractivity contribution in [3.05, 3.63) is 0 Å². The molecule has 0 saturated heterocycles. The molecule has 0 rings (SSSR count). The number of hydrogen-bond donors (Lipinski definition) is 0. The summed E-state index contributed by atoms with van der Waals surface area (Å²) < 4.78 is 4.60. The zero-order valence-corrected chi connectivity index (χ0v) is 25.2. The number of ether oxygens (including phenoxy) is 1. The lowest BCUT2D eigenvalue weighted by atomic mass is 10.3. The first-order chi connectivity index (χ1) is 12.9. The minimum atomic E-state index is -1.33. The number of halogens is 3. The molecule has 7 heteroatoms. The maximum Gasteiger partial charge on any atom is 0.213 e. The first-order valence-electron chi connectivity index (χ1n) is 11.5. The molecule has 0 aromatic heterocycles. The van der Waals surface area contributed by atoms with Crippen molar-refractivity contribution in [2.75, 3.05) is 13.2 Å². The molecule has 0 fully saturated rings. The summed E-state index contributed by atoms with van der Waals surface area (Å²) in [5.41, 5.74) is 0.651. The lowest BCUT2D eigenvalue weighted by Crippen LogP contribution is -2.61. The van der Waals surface area contributed by atoms with Crippen LogP contribution in [0.4, 0.5) is 0 Å². The quantitative estimate of drug-likeness (QED) is 0.159. The van der Waals surface area contributed by atoms with Crippen LogP contribution in [0.5, 0.6) is 0 Å². The van der Waals surface area contributed by atoms with Gasteiger partial charge in [0.1, 0.15) is 0 Å². The van der Waals surface area contributed by atoms with E-state index in [1.807, 2.05) is 0 Å². The number of hydrogen-bond acceptors (Lipinski definition) is 1. The van der Waals surface area contributed by atoms with E-state index < -0.39 is 27.0 Å². The molecule has 0 aromatic rings. The van der Waals surface area contributed by atoms with E-state index in [1.54, 1.807) is 0 Å². The second kappa shape index (κ2) is 13.1. The van der Waals surface area contributed by atoms with Crippen LogP contribution in [-0.2, 0) is 4.74 Å². The van der Waals surface area contributed by atoms with E-state index in [0.717, 1.165) is 6.61 Å². The van der Waals surface area contributed by atoms with Crippen molar-refractivity contribution >= 4 is 58.1 Å². The standard InChI is InChI=1S/C21H47Cl3OSi3/c1-9-15-28(16-10-2,27(11-3,12-4)13-5)17-14-20(26(6,7)8)18-25-19-21(22,23)24/h20H,9-19H2,1-8H3. The van der Waals surface area contributed by atoms with Crippen molar-refractivity contribution < 1.29 is 4.74 Å². The topological polar surface area (TPSA) is 9.23 Å². The van der Waals surface area contributed by atoms with Crippen molar-refractivity contribution in [1.82, 2.24) is 0 Å². The summed E-state index contributed by atoms with van der Waals surface area (Å²) in [5, 5.41) is 0. The molecule has 0 aromatic carbocycles. The third-order valence-corrected chi connectivity index (χ3v) is 33.3. The van der Waals surface area contributed by atoms with Gasteiger partial charge in [0.05, 0.1) is 6.61 Å². The first-order valence-corrected chi connectivity index (χ1v) is 22.5. The molecule has 28 heavy (non-hydrogen) atoms. The Morgan fingerprint density at radius 3 is 1.54 bits per heavy atom. The summed E-state index contributed by atoms with van der Waals surface area (Å²) in [4.78, 5) is 0. The van der Waals surface area contributed by atoms with Gasteiger partial charge in [-0.1, -0.05) is 145 Å². The van der Waals surface area contributed by atoms with E-state index in [4.69, 9.17) is 39.5 Å². The largest absolute Gasteiger partial charge is 0.377 e. The van der Waals surface area contributed by atoms with Crippen molar-refractivity contribution in [1.29, 1.82) is 0 Å². The predicted molar refractivity (Wildman–Crippen MR) is 141 cm³/mol. The molecule has 0 N–H and O–H groups in total. The first kappa shape index (κ1) is 29.5. The molecule has 1 nitrogen and oxygen atoms in total. The second-order valence-corrected chi connectivity index (χ2v) is 33.0. The lowest BCUT2D eigenvalue weighted by Gasteiger charge is -2.49. The van der Waals surface area contributed by atoms with Gasteiger partial charge >= 0.3 is 0 Å². The normalized spacial score (nSPS) is 15.1. The van der Waals surface area contributed by atoms with E-state index in [1.165, 1.54) is 55.5 Å². The molecule has 0 bridgehead atoms. The SMILES string of the molecule is CCC[Si](CCC)(CCC(COCC(Cl)(Cl)Cl)[Si](C)(C)C)[Si](CC)(CC)CC. The maximum atomic E-state index is 5.91. The molecule has 0 aliphatic carbocycles. The van der Waals surface area contributed by atoms with Crippen LogP contribution in [0.25, 0.3) is 0 Å². The highest BCUT2D eigenvalue weighted by Gasteiger charge is 2.49. The zero-order valence-electron chi connectivity index (χ0n) is 19.9. The summed E-state index contributed by atoms with van der Waals surface area (Å²) in [7, 11) is -3.78. The number of rotatable bonds is 15. The van der Waals surface area contributed by atoms with Crippen molar-refractivity contribution in [2.24, 2.45) is 0 Å². The summed E-state index contributed by atoms with van der Waals surface area (Å²) in [5.74, 6) is 0. The van der Waals surface area contributed by atoms with Crippen LogP contribution in [0.2, 0.25) is 61.4 Å². The molecule has 0 heterocycles. The molecule has 1 atom stereocenters. The van der Waals surface area contributed by atoms with Crippen LogP contribution < -0.4 is 0 Å². The van der Waals surface area contributed by atoms with Crippen LogP contribution in [0.3, 0.4) is 0 Å². The number of alkyl halides is 3. The fourth-order valence-electron chi connectivity index (χ4n) is 5.54. The van der Waals surface area contributed by atoms with E-state index >= 15 is 0 Å². The smallest absolute Gasteiger partial charge is 0.213 e. The van der Waals surface area contributed by atoms with Gasteiger partial charge in [-0.05, 0) is 5.54 Å². The summed E-state index contributed by atoms with van der Waals surface area (Å²) >= 11 is 17.7. The van der Waals surface area contributed by atoms with E-state index in [-0.39, 0.29) is 6.61 Å². The van der Waals surface area contributed by atoms with Gasteiger partial charge in [0.25, 0.3) is 0 Å². The predicted octanol–water partition coefficient (Wildman–Crippen LogP) is 9.33. The Morgan fingerprint density at radius 1 is 0.750 bits per heavy atom. The van der Waals surface area contributed by atoms with Crippen LogP contribution >= 0.6 is 34.8 Å². The van der Waals surface area contributed by atoms with E-state index in [2.05, 4.69) is 54.3 Å². The Hall–Kier alpha value is 1.48. The van der Waals surface area contributed by atoms with Gasteiger partial charge in [0, 0.05) is 29.9 Å². The highest BCUT2D eigenvalue weighted by Crippen LogP contribution is 2.44. The molecule has 0 spiro atoms. The zero-order chi connectivity index (χ0) is 22.1. The van der Waals surface area contributed by atoms with Gasteiger partial charge in [-0.2, -0.15) is 0 Å². The van der Waals surface area contributed by atoms with Crippen LogP contribution in [0, 0.1) is 0 Å². The Kier molecular flexibility index (Phi) is 13.8. The van der Waals surface area contributed by atoms with Crippen LogP contribution in [0.15, 0.2) is 0 Å². The molecular weight excluding hydrogens is 459 g/mol. The molecule has 1 unspecified atom stereocenters.